The summed E-state index contributed by atoms with van der Waals surface area (Å²) in [6, 6.07) is 4.96. The van der Waals surface area contributed by atoms with Gasteiger partial charge in [0.15, 0.2) is 0 Å². The molecule has 17 heavy (non-hydrogen) atoms. The molecule has 1 atom stereocenters. The summed E-state index contributed by atoms with van der Waals surface area (Å²) in [7, 11) is 0. The van der Waals surface area contributed by atoms with Crippen LogP contribution in [0.1, 0.15) is 18.9 Å². The van der Waals surface area contributed by atoms with Crippen molar-refractivity contribution < 1.29 is 17.9 Å². The molecule has 0 heterocycles. The predicted octanol–water partition coefficient (Wildman–Crippen LogP) is 4.51. The van der Waals surface area contributed by atoms with Crippen molar-refractivity contribution in [1.29, 1.82) is 0 Å². The molecule has 1 unspecified atom stereocenters. The van der Waals surface area contributed by atoms with E-state index in [0.717, 1.165) is 23.9 Å². The van der Waals surface area contributed by atoms with E-state index in [2.05, 4.69) is 15.9 Å². The lowest BCUT2D eigenvalue weighted by Gasteiger charge is -2.14. The van der Waals surface area contributed by atoms with Crippen LogP contribution in [-0.2, 0) is 6.18 Å². The number of benzene rings is 1. The smallest absolute Gasteiger partial charge is 0.416 e. The molecule has 0 amide bonds. The van der Waals surface area contributed by atoms with Crippen LogP contribution in [0.2, 0.25) is 0 Å². The number of hydrogen-bond acceptors (Lipinski definition) is 1. The molecule has 1 rings (SSSR count). The molecule has 0 spiro atoms. The van der Waals surface area contributed by atoms with Gasteiger partial charge in [0.05, 0.1) is 12.2 Å². The first-order chi connectivity index (χ1) is 7.97. The van der Waals surface area contributed by atoms with Crippen molar-refractivity contribution in [2.75, 3.05) is 11.9 Å². The van der Waals surface area contributed by atoms with E-state index in [4.69, 9.17) is 4.74 Å². The molecule has 0 aliphatic carbocycles. The van der Waals surface area contributed by atoms with Gasteiger partial charge in [-0.15, -0.1) is 0 Å². The van der Waals surface area contributed by atoms with Gasteiger partial charge in [-0.1, -0.05) is 28.9 Å². The van der Waals surface area contributed by atoms with Gasteiger partial charge in [0.1, 0.15) is 5.75 Å². The Hall–Kier alpha value is -0.710. The van der Waals surface area contributed by atoms with Crippen LogP contribution in [-0.4, -0.2) is 11.9 Å². The van der Waals surface area contributed by atoms with Crippen LogP contribution >= 0.6 is 15.9 Å². The van der Waals surface area contributed by atoms with Gasteiger partial charge >= 0.3 is 6.18 Å². The first kappa shape index (κ1) is 14.4. The fourth-order valence-electron chi connectivity index (χ4n) is 1.25. The van der Waals surface area contributed by atoms with E-state index in [-0.39, 0.29) is 5.75 Å². The fraction of sp³-hybridized carbons (Fsp3) is 0.500. The van der Waals surface area contributed by atoms with E-state index in [1.165, 1.54) is 12.1 Å². The van der Waals surface area contributed by atoms with Crippen LogP contribution in [0.4, 0.5) is 13.2 Å². The second kappa shape index (κ2) is 6.28. The monoisotopic (exact) mass is 310 g/mol. The molecule has 0 N–H and O–H groups in total. The summed E-state index contributed by atoms with van der Waals surface area (Å²) in [5, 5.41) is 0.780. The summed E-state index contributed by atoms with van der Waals surface area (Å²) in [5.41, 5.74) is -0.679. The predicted molar refractivity (Wildman–Crippen MR) is 64.5 cm³/mol. The maximum atomic E-state index is 12.4. The first-order valence-electron chi connectivity index (χ1n) is 5.33. The van der Waals surface area contributed by atoms with E-state index < -0.39 is 11.7 Å². The van der Waals surface area contributed by atoms with Gasteiger partial charge in [0, 0.05) is 11.2 Å². The summed E-state index contributed by atoms with van der Waals surface area (Å²) in [6.45, 7) is 2.44. The SMILES string of the molecule is CCC(CBr)COc1cccc(C(F)(F)F)c1. The lowest BCUT2D eigenvalue weighted by atomic mass is 10.1. The van der Waals surface area contributed by atoms with E-state index >= 15 is 0 Å². The molecular formula is C12H14BrF3O. The lowest BCUT2D eigenvalue weighted by Crippen LogP contribution is -2.13. The average Bonchev–Trinajstić information content (AvgIpc) is 2.30. The summed E-state index contributed by atoms with van der Waals surface area (Å²) >= 11 is 3.34. The van der Waals surface area contributed by atoms with Gasteiger partial charge in [-0.2, -0.15) is 13.2 Å². The van der Waals surface area contributed by atoms with E-state index in [1.54, 1.807) is 0 Å². The Morgan fingerprint density at radius 1 is 1.35 bits per heavy atom. The molecule has 1 aromatic rings. The van der Waals surface area contributed by atoms with Crippen LogP contribution < -0.4 is 4.74 Å². The van der Waals surface area contributed by atoms with Gasteiger partial charge in [0.25, 0.3) is 0 Å². The zero-order chi connectivity index (χ0) is 12.9. The third-order valence-electron chi connectivity index (χ3n) is 2.44. The van der Waals surface area contributed by atoms with Crippen LogP contribution in [0.15, 0.2) is 24.3 Å². The maximum Gasteiger partial charge on any atom is 0.416 e. The number of alkyl halides is 4. The van der Waals surface area contributed by atoms with Crippen molar-refractivity contribution in [3.63, 3.8) is 0 Å². The Morgan fingerprint density at radius 2 is 2.06 bits per heavy atom. The highest BCUT2D eigenvalue weighted by molar-refractivity contribution is 9.09. The molecule has 0 bridgehead atoms. The average molecular weight is 311 g/mol. The largest absolute Gasteiger partial charge is 0.493 e. The quantitative estimate of drug-likeness (QED) is 0.727. The molecule has 1 nitrogen and oxygen atoms in total. The van der Waals surface area contributed by atoms with Crippen molar-refractivity contribution in [3.05, 3.63) is 29.8 Å². The fourth-order valence-corrected chi connectivity index (χ4v) is 1.89. The second-order valence-electron chi connectivity index (χ2n) is 3.77. The highest BCUT2D eigenvalue weighted by atomic mass is 79.9. The summed E-state index contributed by atoms with van der Waals surface area (Å²) in [6.07, 6.45) is -3.40. The molecule has 0 saturated carbocycles. The van der Waals surface area contributed by atoms with E-state index in [0.29, 0.717) is 12.5 Å². The standard InChI is InChI=1S/C12H14BrF3O/c1-2-9(7-13)8-17-11-5-3-4-10(6-11)12(14,15)16/h3-6,9H,2,7-8H2,1H3. The Morgan fingerprint density at radius 3 is 2.59 bits per heavy atom. The Labute approximate surface area is 107 Å². The molecule has 0 aromatic heterocycles. The van der Waals surface area contributed by atoms with Crippen LogP contribution in [0.25, 0.3) is 0 Å². The third-order valence-corrected chi connectivity index (χ3v) is 3.36. The number of ether oxygens (including phenoxy) is 1. The van der Waals surface area contributed by atoms with Crippen molar-refractivity contribution in [2.24, 2.45) is 5.92 Å². The molecule has 0 radical (unpaired) electrons. The minimum Gasteiger partial charge on any atom is -0.493 e. The molecule has 0 aliphatic rings. The topological polar surface area (TPSA) is 9.23 Å². The maximum absolute atomic E-state index is 12.4. The normalized spacial score (nSPS) is 13.5. The van der Waals surface area contributed by atoms with Crippen LogP contribution in [0, 0.1) is 5.92 Å². The van der Waals surface area contributed by atoms with Crippen molar-refractivity contribution in [3.8, 4) is 5.75 Å². The zero-order valence-corrected chi connectivity index (χ0v) is 11.0. The highest BCUT2D eigenvalue weighted by Crippen LogP contribution is 2.31. The van der Waals surface area contributed by atoms with Crippen molar-refractivity contribution >= 4 is 15.9 Å². The van der Waals surface area contributed by atoms with Crippen molar-refractivity contribution in [1.82, 2.24) is 0 Å². The minimum atomic E-state index is -4.32. The summed E-state index contributed by atoms with van der Waals surface area (Å²) in [5.74, 6) is 0.573. The Balaban J connectivity index is 2.66. The third kappa shape index (κ3) is 4.58. The summed E-state index contributed by atoms with van der Waals surface area (Å²) in [4.78, 5) is 0. The second-order valence-corrected chi connectivity index (χ2v) is 4.41. The van der Waals surface area contributed by atoms with E-state index in [1.807, 2.05) is 6.92 Å². The molecule has 96 valence electrons. The van der Waals surface area contributed by atoms with Gasteiger partial charge < -0.3 is 4.74 Å². The Bertz CT molecular complexity index is 348. The van der Waals surface area contributed by atoms with Gasteiger partial charge in [-0.3, -0.25) is 0 Å². The zero-order valence-electron chi connectivity index (χ0n) is 9.43. The van der Waals surface area contributed by atoms with E-state index in [9.17, 15) is 13.2 Å². The van der Waals surface area contributed by atoms with Gasteiger partial charge in [-0.05, 0) is 24.6 Å². The molecule has 0 saturated heterocycles. The molecule has 1 aromatic carbocycles. The van der Waals surface area contributed by atoms with Crippen molar-refractivity contribution in [2.45, 2.75) is 19.5 Å². The van der Waals surface area contributed by atoms with Crippen LogP contribution in [0.5, 0.6) is 5.75 Å². The number of rotatable bonds is 5. The van der Waals surface area contributed by atoms with Gasteiger partial charge in [-0.25, -0.2) is 0 Å². The number of halogens is 4. The summed E-state index contributed by atoms with van der Waals surface area (Å²) < 4.78 is 42.7. The first-order valence-corrected chi connectivity index (χ1v) is 6.45. The lowest BCUT2D eigenvalue weighted by molar-refractivity contribution is -0.137. The van der Waals surface area contributed by atoms with Gasteiger partial charge in [0.2, 0.25) is 0 Å². The number of hydrogen-bond donors (Lipinski definition) is 0. The Kier molecular flexibility index (Phi) is 5.31. The van der Waals surface area contributed by atoms with Crippen LogP contribution in [0.3, 0.4) is 0 Å². The molecule has 0 fully saturated rings. The molecule has 0 aliphatic heterocycles. The molecule has 5 heteroatoms. The highest BCUT2D eigenvalue weighted by Gasteiger charge is 2.30. The molecular weight excluding hydrogens is 297 g/mol. The minimum absolute atomic E-state index is 0.263.